The molecular weight excluding hydrogens is 1700 g/mol. The van der Waals surface area contributed by atoms with Crippen molar-refractivity contribution in [3.8, 4) is 0 Å². The van der Waals surface area contributed by atoms with Crippen molar-refractivity contribution in [3.63, 3.8) is 0 Å². The number of aliphatic hydroxyl groups excluding tert-OH is 18. The Morgan fingerprint density at radius 3 is 1.74 bits per heavy atom. The van der Waals surface area contributed by atoms with Crippen molar-refractivity contribution in [2.45, 2.75) is 341 Å². The van der Waals surface area contributed by atoms with Crippen LogP contribution in [0.4, 0.5) is 0 Å². The zero-order valence-corrected chi connectivity index (χ0v) is 72.8. The van der Waals surface area contributed by atoms with Gasteiger partial charge in [-0.15, -0.1) is 0 Å². The maximum Gasteiger partial charge on any atom is 0.331 e. The number of amides is 1. The first-order valence-corrected chi connectivity index (χ1v) is 44.0. The molecule has 1 aromatic carbocycles. The molecule has 128 heavy (non-hydrogen) atoms. The van der Waals surface area contributed by atoms with Gasteiger partial charge in [0.05, 0.1) is 65.1 Å². The van der Waals surface area contributed by atoms with E-state index in [1.54, 1.807) is 30.3 Å². The first-order chi connectivity index (χ1) is 60.3. The summed E-state index contributed by atoms with van der Waals surface area (Å²) in [4.78, 5) is 56.2. The largest absolute Gasteiger partial charge is 0.463 e. The second-order valence-electron chi connectivity index (χ2n) is 39.1. The number of carbonyl (C=O) groups is 4. The van der Waals surface area contributed by atoms with Crippen LogP contribution < -0.4 is 5.32 Å². The highest BCUT2D eigenvalue weighted by molar-refractivity contribution is 5.87. The molecule has 13 aliphatic rings. The van der Waals surface area contributed by atoms with Crippen LogP contribution in [0.15, 0.2) is 48.1 Å². The van der Waals surface area contributed by atoms with Crippen LogP contribution in [0.25, 0.3) is 6.08 Å². The second kappa shape index (κ2) is 39.1. The number of carbonyl (C=O) groups excluding carboxylic acids is 4. The molecule has 20 N–H and O–H groups in total. The molecule has 12 fully saturated rings. The normalized spacial score (nSPS) is 48.9. The van der Waals surface area contributed by atoms with Crippen LogP contribution in [0.1, 0.15) is 126 Å². The smallest absolute Gasteiger partial charge is 0.331 e. The fraction of sp³-hybridized carbons (Fsp3) is 0.837. The van der Waals surface area contributed by atoms with E-state index in [0.717, 1.165) is 18.6 Å². The Bertz CT molecular complexity index is 4020. The Kier molecular flexibility index (Phi) is 30.3. The summed E-state index contributed by atoms with van der Waals surface area (Å²) in [6.45, 7) is 10.9. The maximum atomic E-state index is 16.4. The molecule has 4 saturated carbocycles. The molecule has 1 aromatic rings. The van der Waals surface area contributed by atoms with Crippen molar-refractivity contribution in [2.24, 2.45) is 50.2 Å². The fourth-order valence-electron chi connectivity index (χ4n) is 22.7. The van der Waals surface area contributed by atoms with Crippen molar-refractivity contribution in [1.29, 1.82) is 0 Å². The minimum Gasteiger partial charge on any atom is -0.463 e. The van der Waals surface area contributed by atoms with E-state index in [1.807, 2.05) is 0 Å². The average Bonchev–Trinajstić information content (AvgIpc) is 0.712. The zero-order chi connectivity index (χ0) is 92.7. The third kappa shape index (κ3) is 18.9. The van der Waals surface area contributed by atoms with Gasteiger partial charge in [0.25, 0.3) is 0 Å². The van der Waals surface area contributed by atoms with Gasteiger partial charge < -0.3 is 188 Å². The molecule has 724 valence electrons. The standard InChI is InChI=1S/C86H129NO41/c1-36(90)87-53-57(101)66(125-75-60(104)58(102)56(100)45(27-88)118-75)47(33-116-72-62(106)64(43(94)30-112-72)123-73-59(103)54(98)41(92)28-113-73)119-71(53)121-51-20-21-82(7)48(81(51,5)6)19-22-83(8)49(82)17-16-39-40-25-80(3,4)23-24-86(40,50(96)26-84(39,83)9)79(109)128-77-69(127-74-63(107)65(44(95)31-114-74)124-78-70(108)85(110,34-89)35-117-78)61(105)67(46(120-77)32-111-37(2)91)126-76-68(55(99)42(93)29-115-76)122-52(97)18-15-38-13-11-10-12-14-38/h10-16,18,40-51,53-78,88-89,92-96,98-108,110H,17,19-35H2,1-9H3,(H,87,90)/b18-15+/t40-,41+,42+,43-,44+,45+,46+,47+,48-,49+,50+,51-,53+,54-,55-,56+,57+,58-,59+,60+,61-,62+,63+,64-,65-,66+,67+,68+,69+,70-,71-,72-,73-,74-,75-,76-,77-,78-,82-,83+,84+,85+,86+/m0/s1. The van der Waals surface area contributed by atoms with Crippen LogP contribution in [0, 0.1) is 50.2 Å². The topological polar surface area (TPSA) is 631 Å². The Hall–Kier alpha value is -4.78. The van der Waals surface area contributed by atoms with E-state index in [-0.39, 0.29) is 24.7 Å². The van der Waals surface area contributed by atoms with Gasteiger partial charge in [-0.25, -0.2) is 4.79 Å². The van der Waals surface area contributed by atoms with Crippen molar-refractivity contribution in [2.75, 3.05) is 59.5 Å². The van der Waals surface area contributed by atoms with Gasteiger partial charge in [0.2, 0.25) is 12.2 Å². The van der Waals surface area contributed by atoms with Crippen molar-refractivity contribution in [3.05, 3.63) is 53.6 Å². The molecule has 8 heterocycles. The number of allylic oxidation sites excluding steroid dienone is 2. The van der Waals surface area contributed by atoms with E-state index < -0.39 is 342 Å². The highest BCUT2D eigenvalue weighted by atomic mass is 16.8. The van der Waals surface area contributed by atoms with E-state index in [4.69, 9.17) is 85.3 Å². The lowest BCUT2D eigenvalue weighted by Crippen LogP contribution is -2.69. The van der Waals surface area contributed by atoms with Gasteiger partial charge in [-0.3, -0.25) is 14.4 Å². The van der Waals surface area contributed by atoms with E-state index >= 15 is 4.79 Å². The number of hydrogen-bond acceptors (Lipinski definition) is 41. The summed E-state index contributed by atoms with van der Waals surface area (Å²) in [6, 6.07) is 7.12. The van der Waals surface area contributed by atoms with Gasteiger partial charge in [-0.05, 0) is 114 Å². The highest BCUT2D eigenvalue weighted by Gasteiger charge is 2.73. The van der Waals surface area contributed by atoms with E-state index in [1.165, 1.54) is 13.0 Å². The van der Waals surface area contributed by atoms with Crippen LogP contribution in [0.5, 0.6) is 0 Å². The minimum atomic E-state index is -2.22. The number of ether oxygens (including phenoxy) is 18. The third-order valence-corrected chi connectivity index (χ3v) is 30.1. The summed E-state index contributed by atoms with van der Waals surface area (Å²) >= 11 is 0. The molecule has 14 rings (SSSR count). The van der Waals surface area contributed by atoms with Gasteiger partial charge in [0.1, 0.15) is 158 Å². The number of benzene rings is 1. The quantitative estimate of drug-likeness (QED) is 0.0143. The van der Waals surface area contributed by atoms with Gasteiger partial charge >= 0.3 is 17.9 Å². The molecule has 0 radical (unpaired) electrons. The van der Waals surface area contributed by atoms with Gasteiger partial charge in [-0.2, -0.15) is 0 Å². The molecule has 0 bridgehead atoms. The molecule has 42 heteroatoms. The fourth-order valence-corrected chi connectivity index (χ4v) is 22.7. The Balaban J connectivity index is 0.737. The summed E-state index contributed by atoms with van der Waals surface area (Å²) in [6.07, 6.45) is -52.2. The molecule has 0 unspecified atom stereocenters. The van der Waals surface area contributed by atoms with Crippen LogP contribution in [-0.2, 0) is 104 Å². The van der Waals surface area contributed by atoms with E-state index in [2.05, 4.69) is 59.9 Å². The Labute approximate surface area is 738 Å². The van der Waals surface area contributed by atoms with E-state index in [0.29, 0.717) is 50.5 Å². The molecule has 42 nitrogen and oxygen atoms in total. The van der Waals surface area contributed by atoms with Crippen LogP contribution in [-0.4, -0.2) is 401 Å². The first kappa shape index (κ1) is 99.2. The number of aliphatic hydroxyl groups is 19. The Morgan fingerprint density at radius 1 is 0.508 bits per heavy atom. The lowest BCUT2D eigenvalue weighted by atomic mass is 9.33. The highest BCUT2D eigenvalue weighted by Crippen LogP contribution is 2.76. The summed E-state index contributed by atoms with van der Waals surface area (Å²) in [5.41, 5.74) is -5.77. The Morgan fingerprint density at radius 2 is 1.09 bits per heavy atom. The lowest BCUT2D eigenvalue weighted by molar-refractivity contribution is -0.377. The number of nitrogens with one attached hydrogen (secondary N) is 1. The average molecular weight is 1830 g/mol. The molecule has 43 atom stereocenters. The predicted octanol–water partition coefficient (Wildman–Crippen LogP) is -5.59. The first-order valence-electron chi connectivity index (χ1n) is 44.0. The van der Waals surface area contributed by atoms with Gasteiger partial charge in [0.15, 0.2) is 56.2 Å². The number of hydrogen-bond donors (Lipinski definition) is 20. The van der Waals surface area contributed by atoms with Crippen molar-refractivity contribution in [1.82, 2.24) is 5.32 Å². The maximum absolute atomic E-state index is 16.4. The summed E-state index contributed by atoms with van der Waals surface area (Å²) in [5.74, 6) is -4.60. The summed E-state index contributed by atoms with van der Waals surface area (Å²) in [7, 11) is 0. The molecule has 0 aromatic heterocycles. The summed E-state index contributed by atoms with van der Waals surface area (Å²) < 4.78 is 109. The van der Waals surface area contributed by atoms with Crippen LogP contribution >= 0.6 is 0 Å². The molecule has 8 aliphatic heterocycles. The van der Waals surface area contributed by atoms with Gasteiger partial charge in [-0.1, -0.05) is 90.4 Å². The molecule has 8 saturated heterocycles. The number of esters is 3. The van der Waals surface area contributed by atoms with Crippen molar-refractivity contribution >= 4 is 29.9 Å². The number of fused-ring (bicyclic) bond motifs is 7. The molecule has 1 amide bonds. The monoisotopic (exact) mass is 1830 g/mol. The minimum absolute atomic E-state index is 0.0137. The molecular formula is C86H129NO41. The van der Waals surface area contributed by atoms with Gasteiger partial charge in [0, 0.05) is 19.9 Å². The lowest BCUT2D eigenvalue weighted by Gasteiger charge is -2.72. The summed E-state index contributed by atoms with van der Waals surface area (Å²) in [5, 5.41) is 217. The second-order valence-corrected chi connectivity index (χ2v) is 39.1. The zero-order valence-electron chi connectivity index (χ0n) is 72.8. The van der Waals surface area contributed by atoms with E-state index in [9.17, 15) is 111 Å². The number of rotatable bonds is 25. The predicted molar refractivity (Wildman–Crippen MR) is 425 cm³/mol. The van der Waals surface area contributed by atoms with Crippen LogP contribution in [0.2, 0.25) is 0 Å². The third-order valence-electron chi connectivity index (χ3n) is 30.1. The van der Waals surface area contributed by atoms with Crippen LogP contribution in [0.3, 0.4) is 0 Å². The van der Waals surface area contributed by atoms with Crippen molar-refractivity contribution < 1.29 is 201 Å². The molecule has 0 spiro atoms. The SMILES string of the molecule is CC(=O)N[C@H]1[C@H](O[C@H]2CC[C@]3(C)[C@H]4CC=C5[C@@H]6CC(C)(C)CC[C@]6(C(=O)O[C@@H]6O[C@H](COC(C)=O)[C@@H](O[C@@H]7OC[C@@H](O)[C@H](O)[C@H]7OC(=O)/C=C/c7ccccc7)[C@H](O)[C@H]6O[C@@H]6OC[C@@H](O)[C@H](O[C@@H]7OC[C@](O)(CO)[C@H]7O)[C@H]6O)[C@H](O)C[C@@]5(C)[C@]4(C)CC[C@H]3C2(C)C)O[C@H](CO[C@@H]2OC[C@H](O)[C@H](O[C@@H]3OC[C@@H](O)[C@H](O)[C@H]3O)[C@H]2O)[C@@H](O[C@@H]2O[C@H](CO)[C@@H](O)[C@H](O)[C@H]2O)[C@@H]1O. The molecule has 5 aliphatic carbocycles.